The minimum absolute atomic E-state index is 0.00778. The van der Waals surface area contributed by atoms with Crippen molar-refractivity contribution in [2.45, 2.75) is 20.8 Å². The molecule has 0 saturated heterocycles. The van der Waals surface area contributed by atoms with Crippen LogP contribution in [0.3, 0.4) is 0 Å². The fourth-order valence-corrected chi connectivity index (χ4v) is 2.10. The van der Waals surface area contributed by atoms with Crippen molar-refractivity contribution in [1.82, 2.24) is 0 Å². The summed E-state index contributed by atoms with van der Waals surface area (Å²) in [5.74, 6) is -0.434. The lowest BCUT2D eigenvalue weighted by molar-refractivity contribution is 0.390. The molecular formula is C15H16O3. The average molecular weight is 244 g/mol. The fourth-order valence-electron chi connectivity index (χ4n) is 2.10. The number of aromatic hydroxyl groups is 3. The van der Waals surface area contributed by atoms with Crippen molar-refractivity contribution in [2.24, 2.45) is 0 Å². The van der Waals surface area contributed by atoms with Crippen LogP contribution in [0.25, 0.3) is 11.1 Å². The molecule has 0 saturated carbocycles. The van der Waals surface area contributed by atoms with Crippen molar-refractivity contribution >= 4 is 0 Å². The van der Waals surface area contributed by atoms with Crippen molar-refractivity contribution in [2.75, 3.05) is 0 Å². The molecule has 0 unspecified atom stereocenters. The predicted molar refractivity (Wildman–Crippen MR) is 71.1 cm³/mol. The molecule has 0 bridgehead atoms. The van der Waals surface area contributed by atoms with Gasteiger partial charge in [0.15, 0.2) is 11.5 Å². The molecule has 0 spiro atoms. The minimum atomic E-state index is -0.263. The number of hydrogen-bond acceptors (Lipinski definition) is 3. The summed E-state index contributed by atoms with van der Waals surface area (Å²) < 4.78 is 0. The van der Waals surface area contributed by atoms with Gasteiger partial charge in [0.25, 0.3) is 0 Å². The Hall–Kier alpha value is -2.16. The summed E-state index contributed by atoms with van der Waals surface area (Å²) in [5.41, 5.74) is 3.21. The summed E-state index contributed by atoms with van der Waals surface area (Å²) in [4.78, 5) is 0. The molecule has 18 heavy (non-hydrogen) atoms. The summed E-state index contributed by atoms with van der Waals surface area (Å²) >= 11 is 0. The summed E-state index contributed by atoms with van der Waals surface area (Å²) in [6.07, 6.45) is 0. The first-order valence-corrected chi connectivity index (χ1v) is 5.74. The van der Waals surface area contributed by atoms with Crippen molar-refractivity contribution in [3.8, 4) is 28.4 Å². The van der Waals surface area contributed by atoms with E-state index in [0.717, 1.165) is 11.1 Å². The van der Waals surface area contributed by atoms with E-state index in [1.54, 1.807) is 13.8 Å². The lowest BCUT2D eigenvalue weighted by Gasteiger charge is -2.15. The molecule has 0 heterocycles. The molecule has 0 aliphatic carbocycles. The summed E-state index contributed by atoms with van der Waals surface area (Å²) in [7, 11) is 0. The van der Waals surface area contributed by atoms with Crippen LogP contribution >= 0.6 is 0 Å². The van der Waals surface area contributed by atoms with E-state index in [0.29, 0.717) is 11.1 Å². The SMILES string of the molecule is Cc1cccc(-c2c(C)c(O)c(O)c(C)c2O)c1. The van der Waals surface area contributed by atoms with Crippen molar-refractivity contribution in [3.63, 3.8) is 0 Å². The molecule has 2 rings (SSSR count). The van der Waals surface area contributed by atoms with Crippen LogP contribution in [0.5, 0.6) is 17.2 Å². The maximum atomic E-state index is 10.2. The zero-order valence-corrected chi connectivity index (χ0v) is 10.7. The second-order valence-electron chi connectivity index (χ2n) is 4.54. The van der Waals surface area contributed by atoms with Gasteiger partial charge in [-0.15, -0.1) is 0 Å². The highest BCUT2D eigenvalue weighted by Gasteiger charge is 2.19. The largest absolute Gasteiger partial charge is 0.507 e. The first kappa shape index (κ1) is 12.3. The van der Waals surface area contributed by atoms with E-state index in [1.807, 2.05) is 31.2 Å². The third-order valence-corrected chi connectivity index (χ3v) is 3.21. The lowest BCUT2D eigenvalue weighted by Crippen LogP contribution is -1.90. The van der Waals surface area contributed by atoms with Crippen molar-refractivity contribution in [3.05, 3.63) is 41.0 Å². The molecule has 3 nitrogen and oxygen atoms in total. The third kappa shape index (κ3) is 1.78. The lowest BCUT2D eigenvalue weighted by atomic mass is 9.94. The van der Waals surface area contributed by atoms with E-state index in [4.69, 9.17) is 0 Å². The molecule has 0 fully saturated rings. The molecule has 0 amide bonds. The highest BCUT2D eigenvalue weighted by molar-refractivity contribution is 5.80. The summed E-state index contributed by atoms with van der Waals surface area (Å²) in [6.45, 7) is 5.21. The van der Waals surface area contributed by atoms with E-state index in [-0.39, 0.29) is 22.8 Å². The van der Waals surface area contributed by atoms with Gasteiger partial charge in [-0.3, -0.25) is 0 Å². The van der Waals surface area contributed by atoms with Crippen LogP contribution in [0.4, 0.5) is 0 Å². The van der Waals surface area contributed by atoms with Gasteiger partial charge >= 0.3 is 0 Å². The van der Waals surface area contributed by atoms with Gasteiger partial charge in [0.05, 0.1) is 0 Å². The van der Waals surface area contributed by atoms with Crippen LogP contribution < -0.4 is 0 Å². The molecule has 94 valence electrons. The second-order valence-corrected chi connectivity index (χ2v) is 4.54. The van der Waals surface area contributed by atoms with Gasteiger partial charge in [0.2, 0.25) is 0 Å². The zero-order valence-electron chi connectivity index (χ0n) is 10.7. The Morgan fingerprint density at radius 2 is 1.39 bits per heavy atom. The third-order valence-electron chi connectivity index (χ3n) is 3.21. The maximum Gasteiger partial charge on any atom is 0.164 e. The number of rotatable bonds is 1. The molecular weight excluding hydrogens is 228 g/mol. The van der Waals surface area contributed by atoms with Crippen LogP contribution in [0.1, 0.15) is 16.7 Å². The Morgan fingerprint density at radius 3 is 2.00 bits per heavy atom. The second kappa shape index (κ2) is 4.26. The average Bonchev–Trinajstić information content (AvgIpc) is 2.34. The van der Waals surface area contributed by atoms with E-state index >= 15 is 0 Å². The van der Waals surface area contributed by atoms with Gasteiger partial charge in [-0.2, -0.15) is 0 Å². The highest BCUT2D eigenvalue weighted by Crippen LogP contribution is 2.46. The van der Waals surface area contributed by atoms with E-state index in [9.17, 15) is 15.3 Å². The van der Waals surface area contributed by atoms with Gasteiger partial charge in [0.1, 0.15) is 5.75 Å². The Labute approximate surface area is 106 Å². The first-order valence-electron chi connectivity index (χ1n) is 5.74. The Morgan fingerprint density at radius 1 is 0.778 bits per heavy atom. The van der Waals surface area contributed by atoms with Crippen LogP contribution in [0.15, 0.2) is 24.3 Å². The van der Waals surface area contributed by atoms with Gasteiger partial charge in [-0.25, -0.2) is 0 Å². The number of phenolic OH excluding ortho intramolecular Hbond substituents is 3. The van der Waals surface area contributed by atoms with Crippen LogP contribution in [0.2, 0.25) is 0 Å². The predicted octanol–water partition coefficient (Wildman–Crippen LogP) is 3.40. The molecule has 0 radical (unpaired) electrons. The maximum absolute atomic E-state index is 10.2. The van der Waals surface area contributed by atoms with Gasteiger partial charge < -0.3 is 15.3 Å². The van der Waals surface area contributed by atoms with Gasteiger partial charge in [0, 0.05) is 16.7 Å². The number of benzene rings is 2. The summed E-state index contributed by atoms with van der Waals surface area (Å²) in [6, 6.07) is 7.65. The minimum Gasteiger partial charge on any atom is -0.507 e. The highest BCUT2D eigenvalue weighted by atomic mass is 16.3. The van der Waals surface area contributed by atoms with E-state index in [2.05, 4.69) is 0 Å². The normalized spacial score (nSPS) is 10.6. The standard InChI is InChI=1S/C15H16O3/c1-8-5-4-6-11(7-8)12-9(2)14(17)15(18)10(3)13(12)16/h4-7,16-18H,1-3H3. The quantitative estimate of drug-likeness (QED) is 0.532. The van der Waals surface area contributed by atoms with Gasteiger partial charge in [-0.05, 0) is 26.3 Å². The Bertz CT molecular complexity index is 586. The fraction of sp³-hybridized carbons (Fsp3) is 0.200. The number of hydrogen-bond donors (Lipinski definition) is 3. The van der Waals surface area contributed by atoms with Crippen molar-refractivity contribution < 1.29 is 15.3 Å². The number of aryl methyl sites for hydroxylation is 1. The van der Waals surface area contributed by atoms with Crippen LogP contribution in [-0.2, 0) is 0 Å². The molecule has 3 heteroatoms. The van der Waals surface area contributed by atoms with Crippen LogP contribution in [0, 0.1) is 20.8 Å². The van der Waals surface area contributed by atoms with E-state index in [1.165, 1.54) is 0 Å². The molecule has 0 atom stereocenters. The molecule has 2 aromatic carbocycles. The molecule has 2 aromatic rings. The van der Waals surface area contributed by atoms with E-state index < -0.39 is 0 Å². The molecule has 0 aliphatic heterocycles. The van der Waals surface area contributed by atoms with Crippen molar-refractivity contribution in [1.29, 1.82) is 0 Å². The summed E-state index contributed by atoms with van der Waals surface area (Å²) in [5, 5.41) is 29.7. The first-order chi connectivity index (χ1) is 8.43. The topological polar surface area (TPSA) is 60.7 Å². The Balaban J connectivity index is 2.80. The zero-order chi connectivity index (χ0) is 13.4. The molecule has 0 aliphatic rings. The monoisotopic (exact) mass is 244 g/mol. The number of phenols is 3. The smallest absolute Gasteiger partial charge is 0.164 e. The molecule has 3 N–H and O–H groups in total. The van der Waals surface area contributed by atoms with Crippen LogP contribution in [-0.4, -0.2) is 15.3 Å². The molecule has 0 aromatic heterocycles. The van der Waals surface area contributed by atoms with Gasteiger partial charge in [-0.1, -0.05) is 29.8 Å². The Kier molecular flexibility index (Phi) is 2.91.